The normalized spacial score (nSPS) is 22.1. The Morgan fingerprint density at radius 2 is 1.93 bits per heavy atom. The van der Waals surface area contributed by atoms with Gasteiger partial charge in [0.25, 0.3) is 0 Å². The number of hydrogen-bond acceptors (Lipinski definition) is 4. The maximum absolute atomic E-state index is 11.9. The maximum Gasteiger partial charge on any atom is 0.335 e. The molecule has 0 bridgehead atoms. The van der Waals surface area contributed by atoms with E-state index < -0.39 is 19.7 Å². The summed E-state index contributed by atoms with van der Waals surface area (Å²) >= 11 is 0. The molecule has 2 aromatic carbocycles. The molecule has 1 fully saturated rings. The molecule has 3 N–H and O–H groups in total. The average molecular weight is 389 g/mol. The lowest BCUT2D eigenvalue weighted by molar-refractivity contribution is 0.00137. The highest BCUT2D eigenvalue weighted by molar-refractivity contribution is 7.39. The first-order valence-electron chi connectivity index (χ1n) is 8.97. The molecule has 2 unspecified atom stereocenters. The Balaban J connectivity index is 1.57. The zero-order valence-electron chi connectivity index (χ0n) is 14.9. The summed E-state index contributed by atoms with van der Waals surface area (Å²) in [6, 6.07) is 16.6. The number of morpholine rings is 1. The standard InChI is InChI=1S/C20H24NO5P/c22-20(23)16-8-4-7-15(9-16)10-17-13-26-18(12-21-17)19(27(24)25)11-14-5-2-1-3-6-14/h1-9,17-19,21,27H,10-13H2,(H,22,23)(H,24,25)/t17-,18-,19?/m1/s1. The van der Waals surface area contributed by atoms with Gasteiger partial charge in [0, 0.05) is 12.6 Å². The summed E-state index contributed by atoms with van der Waals surface area (Å²) in [5, 5.41) is 12.5. The second-order valence-corrected chi connectivity index (χ2v) is 8.24. The molecule has 6 nitrogen and oxygen atoms in total. The van der Waals surface area contributed by atoms with Gasteiger partial charge in [-0.3, -0.25) is 4.57 Å². The van der Waals surface area contributed by atoms with Crippen molar-refractivity contribution < 1.29 is 24.1 Å². The number of carbonyl (C=O) groups is 1. The molecule has 27 heavy (non-hydrogen) atoms. The molecule has 0 amide bonds. The van der Waals surface area contributed by atoms with E-state index in [1.807, 2.05) is 36.4 Å². The first kappa shape index (κ1) is 19.8. The quantitative estimate of drug-likeness (QED) is 0.630. The van der Waals surface area contributed by atoms with E-state index in [-0.39, 0.29) is 17.7 Å². The smallest absolute Gasteiger partial charge is 0.335 e. The van der Waals surface area contributed by atoms with Gasteiger partial charge in [0.15, 0.2) is 8.03 Å². The molecular formula is C20H24NO5P. The predicted octanol–water partition coefficient (Wildman–Crippen LogP) is 2.36. The Morgan fingerprint density at radius 3 is 2.56 bits per heavy atom. The fraction of sp³-hybridized carbons (Fsp3) is 0.350. The molecule has 0 spiro atoms. The molecule has 0 radical (unpaired) electrons. The number of benzene rings is 2. The van der Waals surface area contributed by atoms with Crippen molar-refractivity contribution in [2.45, 2.75) is 30.6 Å². The lowest BCUT2D eigenvalue weighted by Gasteiger charge is -2.34. The van der Waals surface area contributed by atoms with E-state index in [1.165, 1.54) is 0 Å². The number of carboxylic acid groups (broad SMARTS) is 1. The van der Waals surface area contributed by atoms with Gasteiger partial charge in [-0.05, 0) is 36.1 Å². The monoisotopic (exact) mass is 389 g/mol. The Kier molecular flexibility index (Phi) is 6.80. The Labute approximate surface area is 159 Å². The summed E-state index contributed by atoms with van der Waals surface area (Å²) in [6.07, 6.45) is 0.835. The van der Waals surface area contributed by atoms with Crippen LogP contribution in [0, 0.1) is 0 Å². The molecule has 4 atom stereocenters. The fourth-order valence-electron chi connectivity index (χ4n) is 3.39. The van der Waals surface area contributed by atoms with Gasteiger partial charge in [0.05, 0.1) is 23.9 Å². The molecule has 2 aromatic rings. The molecular weight excluding hydrogens is 365 g/mol. The summed E-state index contributed by atoms with van der Waals surface area (Å²) in [6.45, 7) is 0.917. The largest absolute Gasteiger partial charge is 0.478 e. The van der Waals surface area contributed by atoms with Gasteiger partial charge in [-0.15, -0.1) is 0 Å². The maximum atomic E-state index is 11.9. The van der Waals surface area contributed by atoms with Gasteiger partial charge >= 0.3 is 5.97 Å². The van der Waals surface area contributed by atoms with Crippen LogP contribution in [-0.4, -0.2) is 46.9 Å². The van der Waals surface area contributed by atoms with E-state index in [0.717, 1.165) is 11.1 Å². The van der Waals surface area contributed by atoms with Crippen molar-refractivity contribution in [1.29, 1.82) is 0 Å². The minimum Gasteiger partial charge on any atom is -0.478 e. The van der Waals surface area contributed by atoms with Crippen LogP contribution in [0.2, 0.25) is 0 Å². The zero-order valence-corrected chi connectivity index (χ0v) is 15.9. The summed E-state index contributed by atoms with van der Waals surface area (Å²) in [5.74, 6) is -0.943. The predicted molar refractivity (Wildman–Crippen MR) is 104 cm³/mol. The van der Waals surface area contributed by atoms with E-state index >= 15 is 0 Å². The minimum atomic E-state index is -2.74. The van der Waals surface area contributed by atoms with Crippen LogP contribution in [-0.2, 0) is 22.1 Å². The van der Waals surface area contributed by atoms with E-state index in [0.29, 0.717) is 26.0 Å². The summed E-state index contributed by atoms with van der Waals surface area (Å²) in [5.41, 5.74) is 1.78. The number of nitrogens with one attached hydrogen (secondary N) is 1. The number of hydrogen-bond donors (Lipinski definition) is 3. The third-order valence-corrected chi connectivity index (χ3v) is 6.05. The molecule has 1 heterocycles. The van der Waals surface area contributed by atoms with Crippen molar-refractivity contribution in [2.75, 3.05) is 13.2 Å². The topological polar surface area (TPSA) is 95.9 Å². The van der Waals surface area contributed by atoms with Gasteiger partial charge < -0.3 is 20.1 Å². The zero-order chi connectivity index (χ0) is 19.2. The van der Waals surface area contributed by atoms with Crippen molar-refractivity contribution in [2.24, 2.45) is 0 Å². The SMILES string of the molecule is O=C(O)c1cccc(C[C@@H]2CO[C@@H](C(Cc3ccccc3)[PH](=O)O)CN2)c1. The van der Waals surface area contributed by atoms with E-state index in [2.05, 4.69) is 5.32 Å². The number of ether oxygens (including phenoxy) is 1. The molecule has 0 saturated carbocycles. The van der Waals surface area contributed by atoms with Crippen molar-refractivity contribution >= 4 is 14.0 Å². The van der Waals surface area contributed by atoms with Crippen LogP contribution in [0.25, 0.3) is 0 Å². The first-order chi connectivity index (χ1) is 13.0. The highest BCUT2D eigenvalue weighted by Gasteiger charge is 2.31. The van der Waals surface area contributed by atoms with Gasteiger partial charge in [-0.1, -0.05) is 42.5 Å². The van der Waals surface area contributed by atoms with Crippen LogP contribution in [0.5, 0.6) is 0 Å². The summed E-state index contributed by atoms with van der Waals surface area (Å²) < 4.78 is 17.8. The molecule has 1 aliphatic heterocycles. The molecule has 144 valence electrons. The lowest BCUT2D eigenvalue weighted by Crippen LogP contribution is -2.51. The summed E-state index contributed by atoms with van der Waals surface area (Å²) in [7, 11) is -2.74. The molecule has 7 heteroatoms. The molecule has 0 aliphatic carbocycles. The van der Waals surface area contributed by atoms with E-state index in [9.17, 15) is 14.3 Å². The van der Waals surface area contributed by atoms with Crippen molar-refractivity contribution in [3.8, 4) is 0 Å². The highest BCUT2D eigenvalue weighted by atomic mass is 31.1. The number of rotatable bonds is 7. The van der Waals surface area contributed by atoms with Gasteiger partial charge in [-0.25, -0.2) is 4.79 Å². The average Bonchev–Trinajstić information content (AvgIpc) is 2.68. The molecule has 3 rings (SSSR count). The third-order valence-electron chi connectivity index (χ3n) is 4.84. The summed E-state index contributed by atoms with van der Waals surface area (Å²) in [4.78, 5) is 20.9. The van der Waals surface area contributed by atoms with Crippen LogP contribution in [0.15, 0.2) is 54.6 Å². The van der Waals surface area contributed by atoms with Gasteiger partial charge in [0.1, 0.15) is 0 Å². The molecule has 1 saturated heterocycles. The van der Waals surface area contributed by atoms with Crippen molar-refractivity contribution in [3.05, 3.63) is 71.3 Å². The third kappa shape index (κ3) is 5.50. The van der Waals surface area contributed by atoms with Crippen LogP contribution >= 0.6 is 8.03 Å². The Hall–Kier alpha value is -1.98. The molecule has 1 aliphatic rings. The van der Waals surface area contributed by atoms with Crippen molar-refractivity contribution in [3.63, 3.8) is 0 Å². The Morgan fingerprint density at radius 1 is 1.19 bits per heavy atom. The lowest BCUT2D eigenvalue weighted by atomic mass is 10.0. The van der Waals surface area contributed by atoms with Gasteiger partial charge in [-0.2, -0.15) is 0 Å². The van der Waals surface area contributed by atoms with E-state index in [1.54, 1.807) is 18.2 Å². The number of carboxylic acids is 1. The van der Waals surface area contributed by atoms with Crippen LogP contribution < -0.4 is 5.32 Å². The number of aromatic carboxylic acids is 1. The fourth-order valence-corrected chi connectivity index (χ4v) is 4.33. The molecule has 0 aromatic heterocycles. The van der Waals surface area contributed by atoms with Crippen molar-refractivity contribution in [1.82, 2.24) is 5.32 Å². The van der Waals surface area contributed by atoms with E-state index in [4.69, 9.17) is 9.84 Å². The highest BCUT2D eigenvalue weighted by Crippen LogP contribution is 2.31. The second kappa shape index (κ2) is 9.29. The van der Waals surface area contributed by atoms with Gasteiger partial charge in [0.2, 0.25) is 0 Å². The van der Waals surface area contributed by atoms with Crippen LogP contribution in [0.3, 0.4) is 0 Å². The first-order valence-corrected chi connectivity index (χ1v) is 10.4. The van der Waals surface area contributed by atoms with Crippen LogP contribution in [0.1, 0.15) is 21.5 Å². The van der Waals surface area contributed by atoms with Crippen LogP contribution in [0.4, 0.5) is 0 Å². The second-order valence-electron chi connectivity index (χ2n) is 6.82. The Bertz CT molecular complexity index is 790. The minimum absolute atomic E-state index is 0.0451.